The van der Waals surface area contributed by atoms with Gasteiger partial charge in [0, 0.05) is 6.20 Å². The summed E-state index contributed by atoms with van der Waals surface area (Å²) in [5, 5.41) is 0. The first-order valence-electron chi connectivity index (χ1n) is 9.39. The van der Waals surface area contributed by atoms with Crippen LogP contribution in [0.4, 0.5) is 10.1 Å². The van der Waals surface area contributed by atoms with Gasteiger partial charge in [-0.15, -0.1) is 0 Å². The average Bonchev–Trinajstić information content (AvgIpc) is 3.45. The number of nitrogens with zero attached hydrogens (tertiary/aromatic N) is 1. The Morgan fingerprint density at radius 1 is 1.26 bits per heavy atom. The molecule has 6 heteroatoms. The lowest BCUT2D eigenvalue weighted by Crippen LogP contribution is -2.49. The minimum atomic E-state index is -1.34. The van der Waals surface area contributed by atoms with Crippen molar-refractivity contribution in [2.75, 3.05) is 5.73 Å². The highest BCUT2D eigenvalue weighted by molar-refractivity contribution is 7.84. The Morgan fingerprint density at radius 3 is 2.56 bits per heavy atom. The Balaban J connectivity index is 2.13. The molecular formula is C21H28FN3OS. The Bertz CT molecular complexity index is 818. The second-order valence-electron chi connectivity index (χ2n) is 8.32. The van der Waals surface area contributed by atoms with E-state index in [1.165, 1.54) is 18.9 Å². The second kappa shape index (κ2) is 7.68. The molecule has 146 valence electrons. The van der Waals surface area contributed by atoms with E-state index < -0.39 is 27.1 Å². The van der Waals surface area contributed by atoms with Crippen LogP contribution in [0.2, 0.25) is 0 Å². The van der Waals surface area contributed by atoms with E-state index >= 15 is 0 Å². The van der Waals surface area contributed by atoms with Crippen molar-refractivity contribution < 1.29 is 8.60 Å². The highest BCUT2D eigenvalue weighted by atomic mass is 32.2. The van der Waals surface area contributed by atoms with Crippen LogP contribution in [0.1, 0.15) is 57.7 Å². The lowest BCUT2D eigenvalue weighted by atomic mass is 9.82. The van der Waals surface area contributed by atoms with E-state index in [-0.39, 0.29) is 5.69 Å². The molecule has 0 saturated heterocycles. The van der Waals surface area contributed by atoms with Gasteiger partial charge in [0.2, 0.25) is 0 Å². The number of nitrogen functional groups attached to an aromatic ring is 1. The van der Waals surface area contributed by atoms with Gasteiger partial charge >= 0.3 is 0 Å². The highest BCUT2D eigenvalue weighted by Crippen LogP contribution is 2.41. The van der Waals surface area contributed by atoms with E-state index in [0.717, 1.165) is 24.1 Å². The molecule has 3 rings (SSSR count). The van der Waals surface area contributed by atoms with E-state index in [2.05, 4.69) is 9.71 Å². The molecule has 0 spiro atoms. The maximum Gasteiger partial charge on any atom is 0.146 e. The summed E-state index contributed by atoms with van der Waals surface area (Å²) in [6.45, 7) is 5.79. The third-order valence-corrected chi connectivity index (χ3v) is 6.68. The van der Waals surface area contributed by atoms with Crippen molar-refractivity contribution in [1.82, 2.24) is 9.71 Å². The molecule has 0 amide bonds. The molecule has 0 radical (unpaired) electrons. The van der Waals surface area contributed by atoms with Crippen molar-refractivity contribution in [3.63, 3.8) is 0 Å². The minimum Gasteiger partial charge on any atom is -0.396 e. The first-order valence-corrected chi connectivity index (χ1v) is 10.5. The van der Waals surface area contributed by atoms with Gasteiger partial charge in [0.25, 0.3) is 0 Å². The molecule has 0 bridgehead atoms. The van der Waals surface area contributed by atoms with E-state index in [1.807, 2.05) is 39.0 Å². The first kappa shape index (κ1) is 20.0. The van der Waals surface area contributed by atoms with Crippen LogP contribution < -0.4 is 10.5 Å². The van der Waals surface area contributed by atoms with E-state index in [1.54, 1.807) is 18.3 Å². The predicted octanol–water partition coefficient (Wildman–Crippen LogP) is 4.29. The van der Waals surface area contributed by atoms with Crippen LogP contribution in [0.15, 0.2) is 42.6 Å². The maximum absolute atomic E-state index is 13.8. The first-order chi connectivity index (χ1) is 12.7. The summed E-state index contributed by atoms with van der Waals surface area (Å²) in [6, 6.07) is 10.4. The molecule has 3 N–H and O–H groups in total. The van der Waals surface area contributed by atoms with E-state index in [9.17, 15) is 8.60 Å². The van der Waals surface area contributed by atoms with Gasteiger partial charge in [0.15, 0.2) is 0 Å². The Labute approximate surface area is 163 Å². The number of rotatable bonds is 7. The SMILES string of the molecule is CC(C)(C)S(=O)N[C@@](CCC1CC1)(c1ccc(F)c(N)c1)c1ccccn1. The monoisotopic (exact) mass is 389 g/mol. The number of benzene rings is 1. The van der Waals surface area contributed by atoms with Crippen LogP contribution in [0.3, 0.4) is 0 Å². The molecule has 1 unspecified atom stereocenters. The summed E-state index contributed by atoms with van der Waals surface area (Å²) in [4.78, 5) is 4.58. The van der Waals surface area contributed by atoms with Crippen molar-refractivity contribution in [2.45, 2.75) is 56.7 Å². The van der Waals surface area contributed by atoms with Crippen molar-refractivity contribution in [1.29, 1.82) is 0 Å². The number of aromatic nitrogens is 1. The summed E-state index contributed by atoms with van der Waals surface area (Å²) >= 11 is 0. The van der Waals surface area contributed by atoms with Gasteiger partial charge in [-0.1, -0.05) is 25.0 Å². The Kier molecular flexibility index (Phi) is 5.68. The summed E-state index contributed by atoms with van der Waals surface area (Å²) in [5.41, 5.74) is 6.74. The van der Waals surface area contributed by atoms with Crippen LogP contribution >= 0.6 is 0 Å². The van der Waals surface area contributed by atoms with Gasteiger partial charge in [-0.2, -0.15) is 0 Å². The highest BCUT2D eigenvalue weighted by Gasteiger charge is 2.41. The third-order valence-electron chi connectivity index (χ3n) is 5.04. The summed E-state index contributed by atoms with van der Waals surface area (Å²) in [6.07, 6.45) is 5.90. The van der Waals surface area contributed by atoms with E-state index in [0.29, 0.717) is 5.92 Å². The Morgan fingerprint density at radius 2 is 2.00 bits per heavy atom. The van der Waals surface area contributed by atoms with Crippen molar-refractivity contribution >= 4 is 16.7 Å². The Hall–Kier alpha value is -1.79. The number of hydrogen-bond donors (Lipinski definition) is 2. The number of pyridine rings is 1. The second-order valence-corrected chi connectivity index (χ2v) is 10.3. The molecule has 1 aromatic heterocycles. The smallest absolute Gasteiger partial charge is 0.146 e. The zero-order valence-electron chi connectivity index (χ0n) is 16.2. The summed E-state index contributed by atoms with van der Waals surface area (Å²) in [5.74, 6) is 0.239. The fourth-order valence-electron chi connectivity index (χ4n) is 3.15. The molecule has 27 heavy (non-hydrogen) atoms. The van der Waals surface area contributed by atoms with Gasteiger partial charge in [0.05, 0.1) is 32.7 Å². The average molecular weight is 390 g/mol. The quantitative estimate of drug-likeness (QED) is 0.694. The van der Waals surface area contributed by atoms with Gasteiger partial charge in [-0.25, -0.2) is 13.3 Å². The molecule has 0 aliphatic heterocycles. The molecular weight excluding hydrogens is 361 g/mol. The van der Waals surface area contributed by atoms with Crippen molar-refractivity contribution in [2.24, 2.45) is 5.92 Å². The fraction of sp³-hybridized carbons (Fsp3) is 0.476. The molecule has 1 heterocycles. The number of nitrogens with two attached hydrogens (primary N) is 1. The van der Waals surface area contributed by atoms with Crippen LogP contribution in [0.25, 0.3) is 0 Å². The van der Waals surface area contributed by atoms with Gasteiger partial charge in [0.1, 0.15) is 5.82 Å². The van der Waals surface area contributed by atoms with E-state index in [4.69, 9.17) is 5.73 Å². The molecule has 2 aromatic rings. The maximum atomic E-state index is 13.8. The summed E-state index contributed by atoms with van der Waals surface area (Å²) in [7, 11) is -1.34. The van der Waals surface area contributed by atoms with Gasteiger partial charge < -0.3 is 5.73 Å². The zero-order valence-corrected chi connectivity index (χ0v) is 17.0. The number of nitrogens with one attached hydrogen (secondary N) is 1. The lowest BCUT2D eigenvalue weighted by molar-refractivity contribution is 0.405. The van der Waals surface area contributed by atoms with Gasteiger partial charge in [-0.3, -0.25) is 4.98 Å². The van der Waals surface area contributed by atoms with Crippen LogP contribution in [0, 0.1) is 11.7 Å². The fourth-order valence-corrected chi connectivity index (χ4v) is 4.09. The van der Waals surface area contributed by atoms with Crippen molar-refractivity contribution in [3.05, 3.63) is 59.7 Å². The molecule has 1 aliphatic rings. The minimum absolute atomic E-state index is 0.0857. The standard InChI is InChI=1S/C21H28FN3OS/c1-20(2,3)27(26)25-21(12-11-15-7-8-15,19-6-4-5-13-24-19)16-9-10-17(22)18(23)14-16/h4-6,9-10,13-15,25H,7-8,11-12,23H2,1-3H3/t21-,27?/m0/s1. The topological polar surface area (TPSA) is 68.0 Å². The van der Waals surface area contributed by atoms with Gasteiger partial charge in [-0.05, 0) is 69.4 Å². The van der Waals surface area contributed by atoms with Crippen LogP contribution in [0.5, 0.6) is 0 Å². The molecule has 1 saturated carbocycles. The van der Waals surface area contributed by atoms with Crippen LogP contribution in [-0.4, -0.2) is 13.9 Å². The zero-order chi connectivity index (χ0) is 19.7. The normalized spacial score (nSPS) is 18.1. The third kappa shape index (κ3) is 4.55. The number of anilines is 1. The molecule has 2 atom stereocenters. The number of hydrogen-bond acceptors (Lipinski definition) is 3. The predicted molar refractivity (Wildman–Crippen MR) is 109 cm³/mol. The molecule has 1 fully saturated rings. The molecule has 1 aliphatic carbocycles. The largest absolute Gasteiger partial charge is 0.396 e. The lowest BCUT2D eigenvalue weighted by Gasteiger charge is -2.37. The molecule has 4 nitrogen and oxygen atoms in total. The van der Waals surface area contributed by atoms with Crippen molar-refractivity contribution in [3.8, 4) is 0 Å². The van der Waals surface area contributed by atoms with Crippen LogP contribution in [-0.2, 0) is 16.5 Å². The molecule has 1 aromatic carbocycles. The summed E-state index contributed by atoms with van der Waals surface area (Å²) < 4.78 is 29.9. The number of halogens is 1.